The van der Waals surface area contributed by atoms with Crippen molar-refractivity contribution in [3.63, 3.8) is 0 Å². The third kappa shape index (κ3) is 60.0. The maximum absolute atomic E-state index is 9.40. The molecule has 105 valence electrons. The standard InChI is InChI=1S/3C3H7O2.Er/c3*1-5-3-2-4;/h3*2-3H2,1H3;/q3*-1;+3. The molecule has 0 aromatic heterocycles. The fourth-order valence-electron chi connectivity index (χ4n) is 0.250. The van der Waals surface area contributed by atoms with Gasteiger partial charge in [-0.25, -0.2) is 0 Å². The van der Waals surface area contributed by atoms with E-state index in [1.807, 2.05) is 0 Å². The Kier molecular flexibility index (Phi) is 58.0. The summed E-state index contributed by atoms with van der Waals surface area (Å²) in [6.45, 7) is 0.615. The van der Waals surface area contributed by atoms with Crippen LogP contribution in [0.4, 0.5) is 0 Å². The molecule has 0 heterocycles. The Morgan fingerprint density at radius 1 is 0.625 bits per heavy atom. The number of ether oxygens (including phenoxy) is 3. The smallest absolute Gasteiger partial charge is 0.853 e. The van der Waals surface area contributed by atoms with Crippen LogP contribution in [-0.2, 0) is 14.2 Å². The van der Waals surface area contributed by atoms with E-state index < -0.39 is 0 Å². The van der Waals surface area contributed by atoms with Gasteiger partial charge in [0.05, 0.1) is 0 Å². The van der Waals surface area contributed by atoms with E-state index in [2.05, 4.69) is 14.2 Å². The fourth-order valence-corrected chi connectivity index (χ4v) is 0.250. The first-order valence-electron chi connectivity index (χ1n) is 4.46. The molecule has 0 bridgehead atoms. The molecule has 0 aliphatic heterocycles. The van der Waals surface area contributed by atoms with Crippen molar-refractivity contribution in [2.24, 2.45) is 0 Å². The van der Waals surface area contributed by atoms with Crippen LogP contribution in [0.3, 0.4) is 0 Å². The first kappa shape index (κ1) is 25.8. The zero-order chi connectivity index (χ0) is 12.4. The summed E-state index contributed by atoms with van der Waals surface area (Å²) in [5.41, 5.74) is 0. The van der Waals surface area contributed by atoms with Crippen molar-refractivity contribution in [1.29, 1.82) is 0 Å². The van der Waals surface area contributed by atoms with E-state index in [-0.39, 0.29) is 57.1 Å². The molecule has 0 rings (SSSR count). The average molecular weight is 393 g/mol. The summed E-state index contributed by atoms with van der Waals surface area (Å²) >= 11 is 0. The van der Waals surface area contributed by atoms with Crippen molar-refractivity contribution in [3.05, 3.63) is 0 Å². The molecule has 0 amide bonds. The summed E-state index contributed by atoms with van der Waals surface area (Å²) in [4.78, 5) is 0. The summed E-state index contributed by atoms with van der Waals surface area (Å²) < 4.78 is 13.1. The van der Waals surface area contributed by atoms with Crippen molar-refractivity contribution in [2.75, 3.05) is 61.0 Å². The van der Waals surface area contributed by atoms with Gasteiger partial charge in [0.2, 0.25) is 0 Å². The van der Waals surface area contributed by atoms with Crippen LogP contribution in [0.1, 0.15) is 0 Å². The Labute approximate surface area is 127 Å². The molecule has 0 aliphatic carbocycles. The molecule has 0 saturated heterocycles. The zero-order valence-corrected chi connectivity index (χ0v) is 11.8. The molecule has 0 aromatic rings. The van der Waals surface area contributed by atoms with Gasteiger partial charge >= 0.3 is 37.3 Å². The summed E-state index contributed by atoms with van der Waals surface area (Å²) in [5.74, 6) is 0. The molecular weight excluding hydrogens is 371 g/mol. The molecule has 1 radical (unpaired) electrons. The number of methoxy groups -OCH3 is 3. The number of hydrogen-bond acceptors (Lipinski definition) is 6. The molecule has 0 aliphatic rings. The van der Waals surface area contributed by atoms with E-state index >= 15 is 0 Å². The van der Waals surface area contributed by atoms with Gasteiger partial charge in [-0.2, -0.15) is 0 Å². The minimum atomic E-state index is -0.128. The molecule has 0 fully saturated rings. The third-order valence-electron chi connectivity index (χ3n) is 0.862. The van der Waals surface area contributed by atoms with Gasteiger partial charge in [0.15, 0.2) is 0 Å². The molecule has 0 aromatic carbocycles. The molecular formula is C9H21ErO6. The van der Waals surface area contributed by atoms with Crippen LogP contribution in [0.15, 0.2) is 0 Å². The van der Waals surface area contributed by atoms with Crippen LogP contribution in [0.2, 0.25) is 0 Å². The molecule has 6 nitrogen and oxygen atoms in total. The molecule has 0 saturated carbocycles. The normalized spacial score (nSPS) is 7.88. The molecule has 16 heavy (non-hydrogen) atoms. The Balaban J connectivity index is -0.0000000655. The predicted molar refractivity (Wildman–Crippen MR) is 50.2 cm³/mol. The van der Waals surface area contributed by atoms with Crippen LogP contribution in [-0.4, -0.2) is 61.0 Å². The van der Waals surface area contributed by atoms with Gasteiger partial charge in [0, 0.05) is 41.2 Å². The average Bonchev–Trinajstić information content (AvgIpc) is 2.23. The Hall–Kier alpha value is 1.01. The first-order valence-corrected chi connectivity index (χ1v) is 4.46. The van der Waals surface area contributed by atoms with Gasteiger partial charge in [0.25, 0.3) is 0 Å². The van der Waals surface area contributed by atoms with Crippen LogP contribution in [0.5, 0.6) is 0 Å². The van der Waals surface area contributed by atoms with Gasteiger partial charge in [-0.3, -0.25) is 0 Å². The minimum absolute atomic E-state index is 0. The largest absolute Gasteiger partial charge is 3.00 e. The Morgan fingerprint density at radius 2 is 0.812 bits per heavy atom. The second-order valence-electron chi connectivity index (χ2n) is 2.09. The molecule has 7 heteroatoms. The molecule has 0 spiro atoms. The summed E-state index contributed by atoms with van der Waals surface area (Å²) in [6.07, 6.45) is 0. The van der Waals surface area contributed by atoms with Crippen molar-refractivity contribution in [2.45, 2.75) is 0 Å². The first-order chi connectivity index (χ1) is 7.24. The van der Waals surface area contributed by atoms with Crippen molar-refractivity contribution in [3.8, 4) is 0 Å². The van der Waals surface area contributed by atoms with E-state index in [1.165, 1.54) is 21.3 Å². The van der Waals surface area contributed by atoms with Gasteiger partial charge in [-0.05, 0) is 0 Å². The van der Waals surface area contributed by atoms with Gasteiger partial charge in [-0.1, -0.05) is 0 Å². The SMILES string of the molecule is COCC[O-].COCC[O-].COCC[O-].[Er+3]. The number of rotatable bonds is 6. The summed E-state index contributed by atoms with van der Waals surface area (Å²) in [6, 6.07) is 0. The molecule has 0 unspecified atom stereocenters. The molecule has 0 N–H and O–H groups in total. The summed E-state index contributed by atoms with van der Waals surface area (Å²) in [7, 11) is 4.54. The van der Waals surface area contributed by atoms with Gasteiger partial charge in [0.1, 0.15) is 0 Å². The second kappa shape index (κ2) is 36.0. The van der Waals surface area contributed by atoms with Gasteiger partial charge in [-0.15, -0.1) is 19.8 Å². The van der Waals surface area contributed by atoms with Crippen LogP contribution in [0, 0.1) is 37.3 Å². The van der Waals surface area contributed by atoms with Crippen molar-refractivity contribution < 1.29 is 66.8 Å². The minimum Gasteiger partial charge on any atom is -0.853 e. The van der Waals surface area contributed by atoms with Crippen molar-refractivity contribution >= 4 is 0 Å². The Morgan fingerprint density at radius 3 is 0.812 bits per heavy atom. The van der Waals surface area contributed by atoms with E-state index in [0.29, 0.717) is 19.8 Å². The topological polar surface area (TPSA) is 96.9 Å². The number of hydrogen-bond donors (Lipinski definition) is 0. The monoisotopic (exact) mass is 391 g/mol. The zero-order valence-electron chi connectivity index (χ0n) is 9.98. The van der Waals surface area contributed by atoms with Crippen LogP contribution >= 0.6 is 0 Å². The quantitative estimate of drug-likeness (QED) is 0.477. The van der Waals surface area contributed by atoms with E-state index in [0.717, 1.165) is 0 Å². The predicted octanol–water partition coefficient (Wildman–Crippen LogP) is -3.02. The van der Waals surface area contributed by atoms with E-state index in [1.54, 1.807) is 0 Å². The van der Waals surface area contributed by atoms with E-state index in [9.17, 15) is 15.3 Å². The van der Waals surface area contributed by atoms with Gasteiger partial charge < -0.3 is 29.5 Å². The molecule has 0 atom stereocenters. The van der Waals surface area contributed by atoms with Crippen LogP contribution < -0.4 is 15.3 Å². The summed E-state index contributed by atoms with van der Waals surface area (Å²) in [5, 5.41) is 28.2. The fraction of sp³-hybridized carbons (Fsp3) is 1.00. The maximum atomic E-state index is 9.40. The van der Waals surface area contributed by atoms with Crippen molar-refractivity contribution in [1.82, 2.24) is 0 Å². The maximum Gasteiger partial charge on any atom is 3.00 e. The Bertz CT molecular complexity index is 56.8. The second-order valence-corrected chi connectivity index (χ2v) is 2.09. The van der Waals surface area contributed by atoms with Crippen LogP contribution in [0.25, 0.3) is 0 Å². The van der Waals surface area contributed by atoms with E-state index in [4.69, 9.17) is 0 Å². The third-order valence-corrected chi connectivity index (χ3v) is 0.862.